The van der Waals surface area contributed by atoms with E-state index in [0.717, 1.165) is 51.4 Å². The van der Waals surface area contributed by atoms with Crippen molar-refractivity contribution in [1.82, 2.24) is 9.97 Å². The molecule has 6 rings (SSSR count). The van der Waals surface area contributed by atoms with Crippen LogP contribution >= 0.6 is 22.7 Å². The highest BCUT2D eigenvalue weighted by Crippen LogP contribution is 2.44. The van der Waals surface area contributed by atoms with Crippen molar-refractivity contribution < 1.29 is 24.2 Å². The fourth-order valence-electron chi connectivity index (χ4n) is 7.27. The first-order valence-corrected chi connectivity index (χ1v) is 18.1. The Balaban J connectivity index is 1.51. The molecule has 1 N–H and O–H groups in total. The molecule has 2 unspecified atom stereocenters. The second-order valence-corrected chi connectivity index (χ2v) is 14.4. The van der Waals surface area contributed by atoms with Gasteiger partial charge in [-0.1, -0.05) is 43.9 Å². The number of thiazole rings is 2. The van der Waals surface area contributed by atoms with Crippen molar-refractivity contribution >= 4 is 44.8 Å². The van der Waals surface area contributed by atoms with Gasteiger partial charge in [-0.25, -0.2) is 9.97 Å². The lowest BCUT2D eigenvalue weighted by molar-refractivity contribution is -0.125. The van der Waals surface area contributed by atoms with E-state index in [-0.39, 0.29) is 36.1 Å². The van der Waals surface area contributed by atoms with E-state index >= 15 is 9.59 Å². The number of amides is 2. The molecule has 2 atom stereocenters. The average Bonchev–Trinajstić information content (AvgIpc) is 3.93. The maximum atomic E-state index is 15.3. The van der Waals surface area contributed by atoms with Crippen molar-refractivity contribution in [1.29, 1.82) is 0 Å². The molecule has 0 aliphatic heterocycles. The van der Waals surface area contributed by atoms with Gasteiger partial charge in [0.2, 0.25) is 11.8 Å². The van der Waals surface area contributed by atoms with Gasteiger partial charge in [0.25, 0.3) is 0 Å². The molecule has 248 valence electrons. The molecule has 9 nitrogen and oxygen atoms in total. The lowest BCUT2D eigenvalue weighted by Gasteiger charge is -2.40. The van der Waals surface area contributed by atoms with Crippen LogP contribution in [0.1, 0.15) is 81.8 Å². The highest BCUT2D eigenvalue weighted by molar-refractivity contribution is 7.14. The third-order valence-corrected chi connectivity index (χ3v) is 11.3. The molecule has 0 bridgehead atoms. The van der Waals surface area contributed by atoms with E-state index in [1.807, 2.05) is 51.7 Å². The number of carbonyl (C=O) groups excluding carboxylic acids is 2. The second-order valence-electron chi connectivity index (χ2n) is 12.6. The number of hydrogen-bond acceptors (Lipinski definition) is 9. The van der Waals surface area contributed by atoms with Crippen molar-refractivity contribution in [3.63, 3.8) is 0 Å². The number of methoxy groups -OCH3 is 2. The third-order valence-electron chi connectivity index (χ3n) is 9.76. The fraction of sp³-hybridized carbons (Fsp3) is 0.444. The monoisotopic (exact) mass is 674 g/mol. The summed E-state index contributed by atoms with van der Waals surface area (Å²) in [5.41, 5.74) is 0.139. The minimum Gasteiger partial charge on any atom is -0.508 e. The second kappa shape index (κ2) is 14.4. The molecule has 2 aromatic heterocycles. The Bertz CT molecular complexity index is 1650. The fourth-order valence-corrected chi connectivity index (χ4v) is 8.70. The average molecular weight is 675 g/mol. The molecular weight excluding hydrogens is 633 g/mol. The van der Waals surface area contributed by atoms with Gasteiger partial charge in [0.05, 0.1) is 25.6 Å². The van der Waals surface area contributed by atoms with Crippen LogP contribution in [0.15, 0.2) is 65.6 Å². The van der Waals surface area contributed by atoms with Crippen LogP contribution in [0, 0.1) is 0 Å². The van der Waals surface area contributed by atoms with Gasteiger partial charge in [0.1, 0.15) is 5.75 Å². The molecule has 2 amide bonds. The van der Waals surface area contributed by atoms with Crippen molar-refractivity contribution in [3.8, 4) is 17.2 Å². The van der Waals surface area contributed by atoms with E-state index in [9.17, 15) is 5.11 Å². The summed E-state index contributed by atoms with van der Waals surface area (Å²) in [7, 11) is 3.16. The molecule has 2 aliphatic rings. The number of rotatable bonds is 12. The number of nitrogens with zero attached hydrogens (tertiary/aromatic N) is 4. The van der Waals surface area contributed by atoms with Crippen molar-refractivity contribution in [2.24, 2.45) is 0 Å². The van der Waals surface area contributed by atoms with Crippen LogP contribution in [0.25, 0.3) is 0 Å². The van der Waals surface area contributed by atoms with Crippen LogP contribution in [0.2, 0.25) is 0 Å². The van der Waals surface area contributed by atoms with Gasteiger partial charge >= 0.3 is 0 Å². The summed E-state index contributed by atoms with van der Waals surface area (Å²) in [6.07, 6.45) is 11.3. The number of aromatic hydroxyl groups is 1. The SMILES string of the molecule is COc1ccc(C(CC(C)(C(=O)N(c2nccs2)C2CCCC2)c2cccc(O)c2)C(=O)N(c2nccs2)C2CCCC2)cc1OC. The zero-order chi connectivity index (χ0) is 33.0. The van der Waals surface area contributed by atoms with Crippen LogP contribution in [0.3, 0.4) is 0 Å². The Kier molecular flexibility index (Phi) is 10.1. The molecule has 11 heteroatoms. The zero-order valence-electron chi connectivity index (χ0n) is 27.1. The van der Waals surface area contributed by atoms with Gasteiger partial charge in [0, 0.05) is 35.2 Å². The molecule has 2 saturated carbocycles. The number of aromatic nitrogens is 2. The van der Waals surface area contributed by atoms with Crippen molar-refractivity contribution in [3.05, 3.63) is 76.7 Å². The van der Waals surface area contributed by atoms with Crippen LogP contribution in [0.4, 0.5) is 10.3 Å². The van der Waals surface area contributed by atoms with E-state index in [0.29, 0.717) is 32.9 Å². The topological polar surface area (TPSA) is 105 Å². The van der Waals surface area contributed by atoms with Gasteiger partial charge in [-0.2, -0.15) is 0 Å². The summed E-state index contributed by atoms with van der Waals surface area (Å²) in [5.74, 6) is 0.123. The lowest BCUT2D eigenvalue weighted by Crippen LogP contribution is -2.51. The molecule has 4 aromatic rings. The molecule has 2 fully saturated rings. The molecule has 47 heavy (non-hydrogen) atoms. The Morgan fingerprint density at radius 1 is 0.872 bits per heavy atom. The normalized spacial score (nSPS) is 17.3. The number of carbonyl (C=O) groups is 2. The van der Waals surface area contributed by atoms with E-state index < -0.39 is 11.3 Å². The molecule has 0 saturated heterocycles. The van der Waals surface area contributed by atoms with E-state index in [1.54, 1.807) is 44.8 Å². The van der Waals surface area contributed by atoms with Crippen LogP contribution < -0.4 is 19.3 Å². The van der Waals surface area contributed by atoms with Gasteiger partial charge in [-0.05, 0) is 74.4 Å². The Morgan fingerprint density at radius 2 is 1.47 bits per heavy atom. The lowest BCUT2D eigenvalue weighted by atomic mass is 9.72. The Labute approximate surface area is 284 Å². The van der Waals surface area contributed by atoms with E-state index in [1.165, 1.54) is 22.7 Å². The van der Waals surface area contributed by atoms with Crippen LogP contribution in [0.5, 0.6) is 17.2 Å². The van der Waals surface area contributed by atoms with Gasteiger partial charge in [-0.15, -0.1) is 22.7 Å². The standard InChI is InChI=1S/C36H42N4O5S2/c1-36(25-9-8-14-28(41)22-25,33(43)40(27-12-6-7-13-27)35-38-18-20-47-35)23-29(24-15-16-30(44-2)31(21-24)45-3)32(42)39(26-10-4-5-11-26)34-37-17-19-46-34/h8-9,14-22,26-27,29,41H,4-7,10-13,23H2,1-3H3. The summed E-state index contributed by atoms with van der Waals surface area (Å²) in [5, 5.41) is 15.8. The predicted octanol–water partition coefficient (Wildman–Crippen LogP) is 7.71. The summed E-state index contributed by atoms with van der Waals surface area (Å²) >= 11 is 2.89. The first-order valence-electron chi connectivity index (χ1n) is 16.3. The largest absolute Gasteiger partial charge is 0.508 e. The van der Waals surface area contributed by atoms with Crippen LogP contribution in [-0.2, 0) is 15.0 Å². The summed E-state index contributed by atoms with van der Waals surface area (Å²) in [6.45, 7) is 1.91. The number of anilines is 2. The maximum absolute atomic E-state index is 15.3. The first kappa shape index (κ1) is 33.0. The highest BCUT2D eigenvalue weighted by Gasteiger charge is 2.47. The van der Waals surface area contributed by atoms with E-state index in [4.69, 9.17) is 9.47 Å². The molecular formula is C36H42N4O5S2. The van der Waals surface area contributed by atoms with Gasteiger partial charge < -0.3 is 14.6 Å². The van der Waals surface area contributed by atoms with Crippen LogP contribution in [-0.4, -0.2) is 53.2 Å². The first-order chi connectivity index (χ1) is 22.8. The van der Waals surface area contributed by atoms with Crippen molar-refractivity contribution in [2.75, 3.05) is 24.0 Å². The van der Waals surface area contributed by atoms with E-state index in [2.05, 4.69) is 9.97 Å². The smallest absolute Gasteiger partial charge is 0.239 e. The minimum atomic E-state index is -1.22. The molecule has 2 heterocycles. The number of hydrogen-bond donors (Lipinski definition) is 1. The Morgan fingerprint density at radius 3 is 2.02 bits per heavy atom. The highest BCUT2D eigenvalue weighted by atomic mass is 32.1. The number of phenols is 1. The minimum absolute atomic E-state index is 0.00539. The predicted molar refractivity (Wildman–Crippen MR) is 186 cm³/mol. The zero-order valence-corrected chi connectivity index (χ0v) is 28.8. The van der Waals surface area contributed by atoms with Crippen molar-refractivity contribution in [2.45, 2.75) is 88.1 Å². The third kappa shape index (κ3) is 6.73. The number of phenolic OH excluding ortho intramolecular Hbond substituents is 1. The Hall–Kier alpha value is -3.96. The maximum Gasteiger partial charge on any atom is 0.239 e. The molecule has 0 radical (unpaired) electrons. The number of ether oxygens (including phenoxy) is 2. The quantitative estimate of drug-likeness (QED) is 0.164. The molecule has 0 spiro atoms. The summed E-state index contributed by atoms with van der Waals surface area (Å²) in [4.78, 5) is 43.4. The summed E-state index contributed by atoms with van der Waals surface area (Å²) < 4.78 is 11.2. The molecule has 2 aromatic carbocycles. The summed E-state index contributed by atoms with van der Waals surface area (Å²) in [6, 6.07) is 12.5. The molecule has 2 aliphatic carbocycles. The van der Waals surface area contributed by atoms with Gasteiger partial charge in [-0.3, -0.25) is 19.4 Å². The van der Waals surface area contributed by atoms with Gasteiger partial charge in [0.15, 0.2) is 21.8 Å². The number of benzene rings is 2.